The quantitative estimate of drug-likeness (QED) is 0.682. The van der Waals surface area contributed by atoms with Crippen LogP contribution in [0.5, 0.6) is 0 Å². The first-order valence-corrected chi connectivity index (χ1v) is 6.30. The van der Waals surface area contributed by atoms with Crippen LogP contribution in [0.2, 0.25) is 0 Å². The van der Waals surface area contributed by atoms with Gasteiger partial charge in [-0.1, -0.05) is 33.4 Å². The third-order valence-corrected chi connectivity index (χ3v) is 2.91. The average molecular weight is 403 g/mol. The van der Waals surface area contributed by atoms with Gasteiger partial charge in [-0.3, -0.25) is 4.98 Å². The van der Waals surface area contributed by atoms with Gasteiger partial charge in [0, 0.05) is 32.3 Å². The Hall–Kier alpha value is -0.448. The number of pyridine rings is 1. The van der Waals surface area contributed by atoms with Gasteiger partial charge >= 0.3 is 0 Å². The van der Waals surface area contributed by atoms with E-state index in [-0.39, 0.29) is 20.4 Å². The molecule has 2 rings (SSSR count). The van der Waals surface area contributed by atoms with Gasteiger partial charge in [0.1, 0.15) is 0 Å². The monoisotopic (exact) mass is 403 g/mol. The number of nitrogens with zero attached hydrogens (tertiary/aromatic N) is 1. The molecular weight excluding hydrogens is 380 g/mol. The molecule has 1 aliphatic rings. The summed E-state index contributed by atoms with van der Waals surface area (Å²) in [7, 11) is 0. The fourth-order valence-electron chi connectivity index (χ4n) is 2.12. The Kier molecular flexibility index (Phi) is 8.39. The van der Waals surface area contributed by atoms with Crippen LogP contribution in [0.3, 0.4) is 0 Å². The van der Waals surface area contributed by atoms with E-state index in [0.29, 0.717) is 0 Å². The first-order valence-electron chi connectivity index (χ1n) is 6.30. The molecule has 1 aromatic rings. The zero-order valence-corrected chi connectivity index (χ0v) is 13.8. The molecule has 0 amide bonds. The molecule has 0 aromatic carbocycles. The Morgan fingerprint density at radius 1 is 1.47 bits per heavy atom. The number of aryl methyl sites for hydroxylation is 2. The molecule has 0 aliphatic heterocycles. The Morgan fingerprint density at radius 2 is 2.18 bits per heavy atom. The minimum Gasteiger partial charge on any atom is -0.324 e. The van der Waals surface area contributed by atoms with E-state index in [1.807, 2.05) is 26.1 Å². The van der Waals surface area contributed by atoms with E-state index in [0.717, 1.165) is 19.3 Å². The first kappa shape index (κ1) is 16.6. The summed E-state index contributed by atoms with van der Waals surface area (Å²) < 4.78 is 0. The van der Waals surface area contributed by atoms with Gasteiger partial charge in [-0.2, -0.15) is 12.8 Å². The summed E-state index contributed by atoms with van der Waals surface area (Å²) in [5.41, 5.74) is 5.34. The van der Waals surface area contributed by atoms with Crippen LogP contribution < -0.4 is 0 Å². The fourth-order valence-corrected chi connectivity index (χ4v) is 2.12. The van der Waals surface area contributed by atoms with Gasteiger partial charge in [0.15, 0.2) is 0 Å². The molecular formula is C15H22NRe-. The van der Waals surface area contributed by atoms with Crippen molar-refractivity contribution < 1.29 is 20.4 Å². The molecule has 0 spiro atoms. The van der Waals surface area contributed by atoms with Crippen LogP contribution >= 0.6 is 0 Å². The van der Waals surface area contributed by atoms with E-state index in [1.54, 1.807) is 0 Å². The average Bonchev–Trinajstić information content (AvgIpc) is 2.39. The zero-order chi connectivity index (χ0) is 12.0. The third-order valence-electron chi connectivity index (χ3n) is 2.91. The van der Waals surface area contributed by atoms with Gasteiger partial charge in [0.05, 0.1) is 0 Å². The molecule has 1 heterocycles. The molecule has 0 bridgehead atoms. The van der Waals surface area contributed by atoms with Crippen molar-refractivity contribution in [3.8, 4) is 0 Å². The van der Waals surface area contributed by atoms with Gasteiger partial charge in [-0.25, -0.2) is 0 Å². The first-order chi connectivity index (χ1) is 7.86. The molecule has 0 saturated carbocycles. The van der Waals surface area contributed by atoms with Gasteiger partial charge in [-0.05, 0) is 29.5 Å². The van der Waals surface area contributed by atoms with Crippen LogP contribution in [0.15, 0.2) is 12.8 Å². The molecule has 1 nitrogen and oxygen atoms in total. The summed E-state index contributed by atoms with van der Waals surface area (Å²) in [5.74, 6) is 0. The maximum Gasteiger partial charge on any atom is 0.0390 e. The molecule has 0 atom stereocenters. The van der Waals surface area contributed by atoms with Crippen LogP contribution in [0.1, 0.15) is 49.6 Å². The summed E-state index contributed by atoms with van der Waals surface area (Å²) >= 11 is 0. The van der Waals surface area contributed by atoms with E-state index >= 15 is 0 Å². The summed E-state index contributed by atoms with van der Waals surface area (Å²) in [5, 5.41) is 0. The second-order valence-electron chi connectivity index (χ2n) is 3.71. The van der Waals surface area contributed by atoms with Gasteiger partial charge in [-0.15, -0.1) is 0 Å². The smallest absolute Gasteiger partial charge is 0.0390 e. The van der Waals surface area contributed by atoms with Crippen molar-refractivity contribution in [2.24, 2.45) is 0 Å². The Morgan fingerprint density at radius 3 is 2.76 bits per heavy atom. The largest absolute Gasteiger partial charge is 0.324 e. The second-order valence-corrected chi connectivity index (χ2v) is 3.71. The maximum atomic E-state index is 4.53. The van der Waals surface area contributed by atoms with Crippen LogP contribution in [0.4, 0.5) is 0 Å². The standard InChI is InChI=1S/C13H16N.C2H6.Re/c1-3-10-9-14-13-8-6-5-7-12(13)11(10)4-2;1-2;/h4-5,9H,2-3,6-8H2,1H3;1-2H3;/q-1;;. The summed E-state index contributed by atoms with van der Waals surface area (Å²) in [4.78, 5) is 4.53. The van der Waals surface area contributed by atoms with E-state index in [9.17, 15) is 0 Å². The van der Waals surface area contributed by atoms with Crippen LogP contribution in [-0.2, 0) is 39.7 Å². The number of fused-ring (bicyclic) bond motifs is 1. The van der Waals surface area contributed by atoms with E-state index < -0.39 is 0 Å². The molecule has 0 fully saturated rings. The third kappa shape index (κ3) is 3.76. The number of aromatic nitrogens is 1. The molecule has 0 unspecified atom stereocenters. The normalized spacial score (nSPS) is 12.6. The van der Waals surface area contributed by atoms with Crippen LogP contribution in [-0.4, -0.2) is 4.98 Å². The minimum atomic E-state index is 0. The fraction of sp³-hybridized carbons (Fsp3) is 0.467. The van der Waals surface area contributed by atoms with Crippen molar-refractivity contribution in [2.75, 3.05) is 0 Å². The predicted octanol–water partition coefficient (Wildman–Crippen LogP) is 4.00. The van der Waals surface area contributed by atoms with E-state index in [1.165, 1.54) is 28.8 Å². The molecule has 1 radical (unpaired) electrons. The molecule has 95 valence electrons. The number of hydrogen-bond acceptors (Lipinski definition) is 1. The van der Waals surface area contributed by atoms with Crippen LogP contribution in [0, 0.1) is 6.42 Å². The predicted molar refractivity (Wildman–Crippen MR) is 71.4 cm³/mol. The molecule has 2 heteroatoms. The van der Waals surface area contributed by atoms with Gasteiger partial charge in [0.2, 0.25) is 0 Å². The van der Waals surface area contributed by atoms with Crippen molar-refractivity contribution in [1.29, 1.82) is 0 Å². The topological polar surface area (TPSA) is 12.9 Å². The Labute approximate surface area is 119 Å². The van der Waals surface area contributed by atoms with Gasteiger partial charge in [0.25, 0.3) is 0 Å². The Bertz CT molecular complexity index is 358. The van der Waals surface area contributed by atoms with Gasteiger partial charge < -0.3 is 6.42 Å². The number of hydrogen-bond donors (Lipinski definition) is 0. The Balaban J connectivity index is 0.000000811. The summed E-state index contributed by atoms with van der Waals surface area (Å²) in [6.45, 7) is 10.1. The van der Waals surface area contributed by atoms with Crippen molar-refractivity contribution in [3.63, 3.8) is 0 Å². The maximum absolute atomic E-state index is 4.53. The summed E-state index contributed by atoms with van der Waals surface area (Å²) in [6, 6.07) is 0. The van der Waals surface area contributed by atoms with E-state index in [4.69, 9.17) is 0 Å². The van der Waals surface area contributed by atoms with Crippen molar-refractivity contribution in [2.45, 2.75) is 46.5 Å². The van der Waals surface area contributed by atoms with Crippen LogP contribution in [0.25, 0.3) is 6.08 Å². The second kappa shape index (κ2) is 8.62. The molecule has 1 aromatic heterocycles. The molecule has 17 heavy (non-hydrogen) atoms. The molecule has 1 aliphatic carbocycles. The van der Waals surface area contributed by atoms with Crippen molar-refractivity contribution in [1.82, 2.24) is 4.98 Å². The number of rotatable bonds is 2. The minimum absolute atomic E-state index is 0. The SMILES string of the molecule is C=Cc1c(CC)cnc2c1C[CH-]CC2.CC.[Re]. The van der Waals surface area contributed by atoms with E-state index in [2.05, 4.69) is 24.9 Å². The van der Waals surface area contributed by atoms with Crippen molar-refractivity contribution >= 4 is 6.08 Å². The van der Waals surface area contributed by atoms with Crippen molar-refractivity contribution in [3.05, 3.63) is 41.6 Å². The molecule has 0 saturated heterocycles. The molecule has 0 N–H and O–H groups in total. The summed E-state index contributed by atoms with van der Waals surface area (Å²) in [6.07, 6.45) is 10.7. The zero-order valence-electron chi connectivity index (χ0n) is 11.1.